The molecule has 5 nitrogen and oxygen atoms in total. The van der Waals surface area contributed by atoms with Crippen LogP contribution in [-0.4, -0.2) is 33.3 Å². The Labute approximate surface area is 145 Å². The number of hydrogen-bond donors (Lipinski definition) is 1. The van der Waals surface area contributed by atoms with Crippen LogP contribution in [0.5, 0.6) is 0 Å². The van der Waals surface area contributed by atoms with Crippen LogP contribution in [0, 0.1) is 5.82 Å². The summed E-state index contributed by atoms with van der Waals surface area (Å²) in [4.78, 5) is 6.41. The summed E-state index contributed by atoms with van der Waals surface area (Å²) in [6.45, 7) is 1.70. The van der Waals surface area contributed by atoms with Gasteiger partial charge in [0.05, 0.1) is 13.2 Å². The summed E-state index contributed by atoms with van der Waals surface area (Å²) in [5, 5.41) is 13.2. The monoisotopic (exact) mass is 341 g/mol. The zero-order valence-electron chi connectivity index (χ0n) is 13.8. The van der Waals surface area contributed by atoms with E-state index in [4.69, 9.17) is 4.52 Å². The van der Waals surface area contributed by atoms with Crippen molar-refractivity contribution in [2.75, 3.05) is 13.2 Å². The van der Waals surface area contributed by atoms with E-state index in [1.807, 2.05) is 41.3 Å². The molecule has 0 spiro atoms. The van der Waals surface area contributed by atoms with E-state index in [2.05, 4.69) is 10.1 Å². The molecule has 1 N–H and O–H groups in total. The topological polar surface area (TPSA) is 62.4 Å². The van der Waals surface area contributed by atoms with Crippen LogP contribution < -0.4 is 0 Å². The van der Waals surface area contributed by atoms with Gasteiger partial charge >= 0.3 is 0 Å². The van der Waals surface area contributed by atoms with Crippen LogP contribution in [0.4, 0.5) is 4.39 Å². The number of benzene rings is 2. The summed E-state index contributed by atoms with van der Waals surface area (Å²) in [7, 11) is 0. The second kappa shape index (κ2) is 8.50. The summed E-state index contributed by atoms with van der Waals surface area (Å²) in [5.41, 5.74) is 1.94. The molecule has 0 fully saturated rings. The molecule has 1 aromatic heterocycles. The lowest BCUT2D eigenvalue weighted by atomic mass is 10.1. The minimum absolute atomic E-state index is 0.0527. The van der Waals surface area contributed by atoms with Gasteiger partial charge in [0.1, 0.15) is 5.82 Å². The summed E-state index contributed by atoms with van der Waals surface area (Å²) < 4.78 is 18.5. The first-order valence-electron chi connectivity index (χ1n) is 8.16. The molecule has 0 amide bonds. The maximum atomic E-state index is 13.2. The average molecular weight is 341 g/mol. The molecule has 0 radical (unpaired) electrons. The van der Waals surface area contributed by atoms with Crippen LogP contribution >= 0.6 is 0 Å². The number of halogens is 1. The maximum absolute atomic E-state index is 13.2. The molecule has 130 valence electrons. The molecule has 1 heterocycles. The van der Waals surface area contributed by atoms with Crippen molar-refractivity contribution in [3.05, 3.63) is 83.3 Å². The highest BCUT2D eigenvalue weighted by molar-refractivity contribution is 5.19. The smallest absolute Gasteiger partial charge is 0.240 e. The van der Waals surface area contributed by atoms with E-state index in [1.165, 1.54) is 12.1 Å². The van der Waals surface area contributed by atoms with E-state index in [1.54, 1.807) is 6.07 Å². The average Bonchev–Trinajstić information content (AvgIpc) is 3.03. The third kappa shape index (κ3) is 5.20. The Balaban J connectivity index is 1.63. The predicted octanol–water partition coefficient (Wildman–Crippen LogP) is 2.79. The van der Waals surface area contributed by atoms with Gasteiger partial charge in [-0.3, -0.25) is 4.90 Å². The van der Waals surface area contributed by atoms with E-state index in [-0.39, 0.29) is 12.4 Å². The maximum Gasteiger partial charge on any atom is 0.240 e. The number of nitrogens with zero attached hydrogens (tertiary/aromatic N) is 3. The Kier molecular flexibility index (Phi) is 5.87. The standard InChI is InChI=1S/C19H20FN3O2/c20-17-8-4-7-16(11-17)12-18-21-19(25-22-18)14-23(9-10-24)13-15-5-2-1-3-6-15/h1-8,11,24H,9-10,12-14H2. The zero-order chi connectivity index (χ0) is 17.5. The summed E-state index contributed by atoms with van der Waals surface area (Å²) in [6, 6.07) is 16.4. The summed E-state index contributed by atoms with van der Waals surface area (Å²) in [6.07, 6.45) is 0.417. The second-order valence-corrected chi connectivity index (χ2v) is 5.83. The molecule has 6 heteroatoms. The third-order valence-electron chi connectivity index (χ3n) is 3.79. The number of aromatic nitrogens is 2. The molecule has 0 saturated heterocycles. The van der Waals surface area contributed by atoms with E-state index in [0.717, 1.165) is 11.1 Å². The van der Waals surface area contributed by atoms with Crippen molar-refractivity contribution in [2.24, 2.45) is 0 Å². The van der Waals surface area contributed by atoms with Gasteiger partial charge in [-0.25, -0.2) is 4.39 Å². The van der Waals surface area contributed by atoms with Crippen LogP contribution in [-0.2, 0) is 19.5 Å². The van der Waals surface area contributed by atoms with Gasteiger partial charge in [-0.2, -0.15) is 4.98 Å². The fourth-order valence-corrected chi connectivity index (χ4v) is 2.64. The van der Waals surface area contributed by atoms with Crippen molar-refractivity contribution in [3.63, 3.8) is 0 Å². The van der Waals surface area contributed by atoms with Crippen molar-refractivity contribution in [2.45, 2.75) is 19.5 Å². The minimum atomic E-state index is -0.279. The number of aliphatic hydroxyl groups excluding tert-OH is 1. The molecule has 3 aromatic rings. The van der Waals surface area contributed by atoms with Crippen LogP contribution in [0.25, 0.3) is 0 Å². The lowest BCUT2D eigenvalue weighted by Gasteiger charge is -2.19. The molecular weight excluding hydrogens is 321 g/mol. The molecule has 0 aliphatic carbocycles. The largest absolute Gasteiger partial charge is 0.395 e. The minimum Gasteiger partial charge on any atom is -0.395 e. The van der Waals surface area contributed by atoms with Crippen LogP contribution in [0.2, 0.25) is 0 Å². The fourth-order valence-electron chi connectivity index (χ4n) is 2.64. The van der Waals surface area contributed by atoms with Crippen molar-refractivity contribution in [1.82, 2.24) is 15.0 Å². The normalized spacial score (nSPS) is 11.2. The number of aliphatic hydroxyl groups is 1. The summed E-state index contributed by atoms with van der Waals surface area (Å²) >= 11 is 0. The fraction of sp³-hybridized carbons (Fsp3) is 0.263. The molecule has 0 aliphatic rings. The predicted molar refractivity (Wildman–Crippen MR) is 91.1 cm³/mol. The van der Waals surface area contributed by atoms with Gasteiger partial charge in [0.25, 0.3) is 0 Å². The molecule has 0 unspecified atom stereocenters. The Bertz CT molecular complexity index is 792. The Morgan fingerprint density at radius 1 is 1.00 bits per heavy atom. The van der Waals surface area contributed by atoms with E-state index < -0.39 is 0 Å². The SMILES string of the molecule is OCCN(Cc1ccccc1)Cc1nc(Cc2cccc(F)c2)no1. The summed E-state index contributed by atoms with van der Waals surface area (Å²) in [5.74, 6) is 0.721. The highest BCUT2D eigenvalue weighted by Crippen LogP contribution is 2.11. The highest BCUT2D eigenvalue weighted by atomic mass is 19.1. The molecule has 0 aliphatic heterocycles. The van der Waals surface area contributed by atoms with Gasteiger partial charge in [-0.05, 0) is 23.3 Å². The molecule has 25 heavy (non-hydrogen) atoms. The first-order chi connectivity index (χ1) is 12.2. The highest BCUT2D eigenvalue weighted by Gasteiger charge is 2.13. The van der Waals surface area contributed by atoms with Gasteiger partial charge in [0.15, 0.2) is 5.82 Å². The van der Waals surface area contributed by atoms with Gasteiger partial charge < -0.3 is 9.63 Å². The van der Waals surface area contributed by atoms with Gasteiger partial charge in [-0.1, -0.05) is 47.6 Å². The molecule has 0 atom stereocenters. The van der Waals surface area contributed by atoms with Crippen LogP contribution in [0.3, 0.4) is 0 Å². The van der Waals surface area contributed by atoms with Crippen molar-refractivity contribution < 1.29 is 14.0 Å². The molecule has 0 bridgehead atoms. The third-order valence-corrected chi connectivity index (χ3v) is 3.79. The van der Waals surface area contributed by atoms with Crippen molar-refractivity contribution in [3.8, 4) is 0 Å². The lowest BCUT2D eigenvalue weighted by Crippen LogP contribution is -2.26. The molecule has 2 aromatic carbocycles. The lowest BCUT2D eigenvalue weighted by molar-refractivity contribution is 0.167. The van der Waals surface area contributed by atoms with Crippen LogP contribution in [0.15, 0.2) is 59.1 Å². The van der Waals surface area contributed by atoms with Crippen LogP contribution in [0.1, 0.15) is 22.8 Å². The number of rotatable bonds is 8. The molecular formula is C19H20FN3O2. The zero-order valence-corrected chi connectivity index (χ0v) is 13.8. The van der Waals surface area contributed by atoms with Crippen molar-refractivity contribution >= 4 is 0 Å². The Hall–Kier alpha value is -2.57. The van der Waals surface area contributed by atoms with Gasteiger partial charge in [0, 0.05) is 19.5 Å². The first kappa shape index (κ1) is 17.3. The Morgan fingerprint density at radius 3 is 2.56 bits per heavy atom. The quantitative estimate of drug-likeness (QED) is 0.683. The van der Waals surface area contributed by atoms with Gasteiger partial charge in [-0.15, -0.1) is 0 Å². The van der Waals surface area contributed by atoms with E-state index in [9.17, 15) is 9.50 Å². The molecule has 3 rings (SSSR count). The molecule has 0 saturated carbocycles. The van der Waals surface area contributed by atoms with E-state index >= 15 is 0 Å². The number of hydrogen-bond acceptors (Lipinski definition) is 5. The van der Waals surface area contributed by atoms with Crippen molar-refractivity contribution in [1.29, 1.82) is 0 Å². The first-order valence-corrected chi connectivity index (χ1v) is 8.16. The Morgan fingerprint density at radius 2 is 1.80 bits per heavy atom. The second-order valence-electron chi connectivity index (χ2n) is 5.83. The van der Waals surface area contributed by atoms with E-state index in [0.29, 0.717) is 37.8 Å². The van der Waals surface area contributed by atoms with Gasteiger partial charge in [0.2, 0.25) is 5.89 Å².